The lowest BCUT2D eigenvalue weighted by molar-refractivity contribution is -0.137. The molecule has 0 aliphatic heterocycles. The van der Waals surface area contributed by atoms with Crippen molar-refractivity contribution in [1.29, 1.82) is 0 Å². The third kappa shape index (κ3) is 3.25. The number of hydrogen-bond donors (Lipinski definition) is 1. The lowest BCUT2D eigenvalue weighted by Crippen LogP contribution is -2.22. The van der Waals surface area contributed by atoms with Gasteiger partial charge in [-0.05, 0) is 31.2 Å². The highest BCUT2D eigenvalue weighted by atomic mass is 19.4. The molecule has 1 aromatic heterocycles. The summed E-state index contributed by atoms with van der Waals surface area (Å²) in [4.78, 5) is 0. The summed E-state index contributed by atoms with van der Waals surface area (Å²) in [6.45, 7) is 1.66. The van der Waals surface area contributed by atoms with E-state index in [-0.39, 0.29) is 0 Å². The summed E-state index contributed by atoms with van der Waals surface area (Å²) in [5.74, 6) is 0.454. The molecule has 0 aliphatic carbocycles. The first-order valence-corrected chi connectivity index (χ1v) is 5.51. The minimum absolute atomic E-state index is 0.454. The molecule has 0 aliphatic rings. The molecule has 1 aromatic carbocycles. The molecule has 1 unspecified atom stereocenters. The van der Waals surface area contributed by atoms with Gasteiger partial charge in [0.1, 0.15) is 6.23 Å². The summed E-state index contributed by atoms with van der Waals surface area (Å²) in [6.07, 6.45) is -1.83. The van der Waals surface area contributed by atoms with E-state index < -0.39 is 18.0 Å². The minimum Gasteiger partial charge on any atom is -0.473 e. The molecule has 0 bridgehead atoms. The van der Waals surface area contributed by atoms with Crippen LogP contribution in [0, 0.1) is 0 Å². The van der Waals surface area contributed by atoms with Gasteiger partial charge in [0.05, 0.1) is 23.6 Å². The summed E-state index contributed by atoms with van der Waals surface area (Å²) < 4.78 is 43.9. The van der Waals surface area contributed by atoms with Gasteiger partial charge in [-0.15, -0.1) is 0 Å². The van der Waals surface area contributed by atoms with Crippen molar-refractivity contribution < 1.29 is 17.9 Å². The van der Waals surface area contributed by atoms with E-state index in [1.165, 1.54) is 23.0 Å². The van der Waals surface area contributed by atoms with Crippen molar-refractivity contribution in [1.82, 2.24) is 9.78 Å². The molecule has 0 fully saturated rings. The standard InChI is InChI=1S/C12H12F3N3O/c1-8(16)19-11-6-17-18(7-11)10-4-2-9(3-5-10)12(13,14)15/h2-8H,16H2,1H3. The number of rotatable bonds is 3. The first kappa shape index (κ1) is 13.4. The van der Waals surface area contributed by atoms with Crippen molar-refractivity contribution >= 4 is 0 Å². The highest BCUT2D eigenvalue weighted by Crippen LogP contribution is 2.29. The summed E-state index contributed by atoms with van der Waals surface area (Å²) in [6, 6.07) is 4.68. The van der Waals surface area contributed by atoms with Crippen LogP contribution in [-0.2, 0) is 6.18 Å². The smallest absolute Gasteiger partial charge is 0.416 e. The van der Waals surface area contributed by atoms with E-state index in [4.69, 9.17) is 10.5 Å². The van der Waals surface area contributed by atoms with E-state index in [1.54, 1.807) is 13.1 Å². The normalized spacial score (nSPS) is 13.3. The van der Waals surface area contributed by atoms with Gasteiger partial charge in [0.2, 0.25) is 0 Å². The first-order chi connectivity index (χ1) is 8.86. The number of halogens is 3. The number of nitrogens with two attached hydrogens (primary N) is 1. The van der Waals surface area contributed by atoms with E-state index in [0.29, 0.717) is 11.4 Å². The zero-order valence-electron chi connectivity index (χ0n) is 10.1. The van der Waals surface area contributed by atoms with Crippen LogP contribution >= 0.6 is 0 Å². The Balaban J connectivity index is 2.20. The molecule has 102 valence electrons. The maximum Gasteiger partial charge on any atom is 0.416 e. The monoisotopic (exact) mass is 271 g/mol. The van der Waals surface area contributed by atoms with Gasteiger partial charge in [0.25, 0.3) is 0 Å². The Kier molecular flexibility index (Phi) is 3.48. The zero-order valence-corrected chi connectivity index (χ0v) is 10.1. The van der Waals surface area contributed by atoms with Gasteiger partial charge in [-0.1, -0.05) is 0 Å². The third-order valence-electron chi connectivity index (χ3n) is 2.34. The molecular formula is C12H12F3N3O. The van der Waals surface area contributed by atoms with E-state index in [2.05, 4.69) is 5.10 Å². The molecule has 1 atom stereocenters. The molecule has 0 spiro atoms. The predicted octanol–water partition coefficient (Wildman–Crippen LogP) is 2.57. The van der Waals surface area contributed by atoms with Gasteiger partial charge < -0.3 is 4.74 Å². The topological polar surface area (TPSA) is 53.1 Å². The Morgan fingerprint density at radius 3 is 2.42 bits per heavy atom. The molecule has 7 heteroatoms. The van der Waals surface area contributed by atoms with Crippen molar-refractivity contribution in [3.8, 4) is 11.4 Å². The van der Waals surface area contributed by atoms with Crippen molar-refractivity contribution in [2.45, 2.75) is 19.3 Å². The number of alkyl halides is 3. The number of nitrogens with zero attached hydrogens (tertiary/aromatic N) is 2. The van der Waals surface area contributed by atoms with Crippen LogP contribution in [0.1, 0.15) is 12.5 Å². The number of aromatic nitrogens is 2. The van der Waals surface area contributed by atoms with E-state index >= 15 is 0 Å². The summed E-state index contributed by atoms with van der Waals surface area (Å²) in [5, 5.41) is 3.99. The van der Waals surface area contributed by atoms with Crippen LogP contribution in [0.4, 0.5) is 13.2 Å². The summed E-state index contributed by atoms with van der Waals surface area (Å²) in [5.41, 5.74) is 5.26. The molecule has 1 heterocycles. The number of hydrogen-bond acceptors (Lipinski definition) is 3. The third-order valence-corrected chi connectivity index (χ3v) is 2.34. The highest BCUT2D eigenvalue weighted by molar-refractivity contribution is 5.36. The fraction of sp³-hybridized carbons (Fsp3) is 0.250. The minimum atomic E-state index is -4.34. The molecule has 19 heavy (non-hydrogen) atoms. The molecular weight excluding hydrogens is 259 g/mol. The second kappa shape index (κ2) is 4.93. The maximum absolute atomic E-state index is 12.4. The van der Waals surface area contributed by atoms with Crippen LogP contribution in [0.3, 0.4) is 0 Å². The van der Waals surface area contributed by atoms with E-state index in [1.807, 2.05) is 0 Å². The van der Waals surface area contributed by atoms with Gasteiger partial charge in [0, 0.05) is 0 Å². The molecule has 0 radical (unpaired) electrons. The molecule has 2 rings (SSSR count). The van der Waals surface area contributed by atoms with E-state index in [9.17, 15) is 13.2 Å². The van der Waals surface area contributed by atoms with Crippen molar-refractivity contribution in [2.24, 2.45) is 5.73 Å². The average molecular weight is 271 g/mol. The Morgan fingerprint density at radius 2 is 1.89 bits per heavy atom. The lowest BCUT2D eigenvalue weighted by Gasteiger charge is -2.08. The fourth-order valence-corrected chi connectivity index (χ4v) is 1.53. The van der Waals surface area contributed by atoms with Gasteiger partial charge >= 0.3 is 6.18 Å². The zero-order chi connectivity index (χ0) is 14.0. The van der Waals surface area contributed by atoms with Crippen LogP contribution in [0.25, 0.3) is 5.69 Å². The maximum atomic E-state index is 12.4. The Bertz CT molecular complexity index is 546. The first-order valence-electron chi connectivity index (χ1n) is 5.51. The quantitative estimate of drug-likeness (QED) is 0.873. The fourth-order valence-electron chi connectivity index (χ4n) is 1.53. The predicted molar refractivity (Wildman–Crippen MR) is 62.8 cm³/mol. The second-order valence-electron chi connectivity index (χ2n) is 3.99. The average Bonchev–Trinajstić information content (AvgIpc) is 2.75. The van der Waals surface area contributed by atoms with Gasteiger partial charge in [-0.25, -0.2) is 4.68 Å². The van der Waals surface area contributed by atoms with E-state index in [0.717, 1.165) is 12.1 Å². The van der Waals surface area contributed by atoms with Crippen LogP contribution in [0.2, 0.25) is 0 Å². The highest BCUT2D eigenvalue weighted by Gasteiger charge is 2.30. The number of benzene rings is 1. The van der Waals surface area contributed by atoms with Crippen LogP contribution in [0.5, 0.6) is 5.75 Å². The van der Waals surface area contributed by atoms with Crippen LogP contribution in [0.15, 0.2) is 36.7 Å². The molecule has 0 saturated carbocycles. The lowest BCUT2D eigenvalue weighted by atomic mass is 10.2. The van der Waals surface area contributed by atoms with Crippen molar-refractivity contribution in [2.75, 3.05) is 0 Å². The van der Waals surface area contributed by atoms with Gasteiger partial charge in [-0.3, -0.25) is 5.73 Å². The molecule has 0 amide bonds. The molecule has 0 saturated heterocycles. The summed E-state index contributed by atoms with van der Waals surface area (Å²) in [7, 11) is 0. The Morgan fingerprint density at radius 1 is 1.26 bits per heavy atom. The number of ether oxygens (including phenoxy) is 1. The SMILES string of the molecule is CC(N)Oc1cnn(-c2ccc(C(F)(F)F)cc2)c1. The Hall–Kier alpha value is -2.02. The van der Waals surface area contributed by atoms with Crippen molar-refractivity contribution in [3.05, 3.63) is 42.2 Å². The van der Waals surface area contributed by atoms with Crippen molar-refractivity contribution in [3.63, 3.8) is 0 Å². The summed E-state index contributed by atoms with van der Waals surface area (Å²) >= 11 is 0. The van der Waals surface area contributed by atoms with Gasteiger partial charge in [0.15, 0.2) is 5.75 Å². The molecule has 2 aromatic rings. The van der Waals surface area contributed by atoms with Crippen LogP contribution in [-0.4, -0.2) is 16.0 Å². The molecule has 2 N–H and O–H groups in total. The Labute approximate surface area is 107 Å². The van der Waals surface area contributed by atoms with Crippen LogP contribution < -0.4 is 10.5 Å². The van der Waals surface area contributed by atoms with Gasteiger partial charge in [-0.2, -0.15) is 18.3 Å². The second-order valence-corrected chi connectivity index (χ2v) is 3.99. The largest absolute Gasteiger partial charge is 0.473 e. The molecule has 4 nitrogen and oxygen atoms in total.